The van der Waals surface area contributed by atoms with Crippen LogP contribution in [0.1, 0.15) is 48.3 Å². The minimum atomic E-state index is -3.99. The first-order valence-electron chi connectivity index (χ1n) is 6.69. The van der Waals surface area contributed by atoms with Crippen molar-refractivity contribution in [3.63, 3.8) is 0 Å². The second kappa shape index (κ2) is 4.73. The smallest absolute Gasteiger partial charge is 0.273 e. The third kappa shape index (κ3) is 2.69. The molecule has 1 heterocycles. The molecule has 110 valence electrons. The van der Waals surface area contributed by atoms with Crippen LogP contribution < -0.4 is 5.32 Å². The first kappa shape index (κ1) is 13.9. The van der Waals surface area contributed by atoms with E-state index in [4.69, 9.17) is 10.7 Å². The lowest BCUT2D eigenvalue weighted by Gasteiger charge is -2.04. The van der Waals surface area contributed by atoms with E-state index < -0.39 is 15.0 Å². The summed E-state index contributed by atoms with van der Waals surface area (Å²) in [5, 5.41) is 9.25. The van der Waals surface area contributed by atoms with Crippen LogP contribution in [-0.2, 0) is 9.05 Å². The number of halogens is 1. The van der Waals surface area contributed by atoms with E-state index in [9.17, 15) is 13.2 Å². The second-order valence-electron chi connectivity index (χ2n) is 5.71. The molecule has 2 N–H and O–H groups in total. The van der Waals surface area contributed by atoms with Crippen LogP contribution in [0.5, 0.6) is 0 Å². The Balaban J connectivity index is 1.83. The highest BCUT2D eigenvalue weighted by Gasteiger charge is 2.37. The monoisotopic (exact) mass is 317 g/mol. The first-order valence-corrected chi connectivity index (χ1v) is 9.00. The molecule has 6 nitrogen and oxygen atoms in total. The minimum Gasteiger partial charge on any atom is -0.350 e. The summed E-state index contributed by atoms with van der Waals surface area (Å²) in [6, 6.07) is 0. The topological polar surface area (TPSA) is 91.9 Å². The van der Waals surface area contributed by atoms with E-state index in [1.54, 1.807) is 0 Å². The normalized spacial score (nSPS) is 25.5. The number of rotatable bonds is 5. The molecule has 2 atom stereocenters. The average Bonchev–Trinajstić information content (AvgIpc) is 3.26. The molecule has 2 saturated carbocycles. The first-order chi connectivity index (χ1) is 9.38. The van der Waals surface area contributed by atoms with Gasteiger partial charge in [-0.05, 0) is 31.1 Å². The fourth-order valence-corrected chi connectivity index (χ4v) is 3.70. The lowest BCUT2D eigenvalue weighted by atomic mass is 10.2. The van der Waals surface area contributed by atoms with Crippen LogP contribution in [0, 0.1) is 11.8 Å². The van der Waals surface area contributed by atoms with Gasteiger partial charge in [-0.3, -0.25) is 9.89 Å². The standard InChI is InChI=1S/C12H16ClN3O3S/c1-6-4-8(6)5-14-12(17)10-11(20(13,18)19)9(15-16-10)7-2-3-7/h6-8H,2-5H2,1H3,(H,14,17)(H,15,16). The summed E-state index contributed by atoms with van der Waals surface area (Å²) < 4.78 is 23.4. The Bertz CT molecular complexity index is 651. The van der Waals surface area contributed by atoms with Gasteiger partial charge in [-0.1, -0.05) is 6.92 Å². The van der Waals surface area contributed by atoms with Crippen LogP contribution in [0.4, 0.5) is 0 Å². The molecule has 0 bridgehead atoms. The van der Waals surface area contributed by atoms with Crippen molar-refractivity contribution in [3.05, 3.63) is 11.4 Å². The number of hydrogen-bond donors (Lipinski definition) is 2. The molecule has 2 unspecified atom stereocenters. The largest absolute Gasteiger partial charge is 0.350 e. The Hall–Kier alpha value is -1.08. The molecule has 0 aromatic carbocycles. The highest BCUT2D eigenvalue weighted by atomic mass is 35.7. The maximum absolute atomic E-state index is 12.1. The highest BCUT2D eigenvalue weighted by molar-refractivity contribution is 8.13. The van der Waals surface area contributed by atoms with Crippen LogP contribution in [0.3, 0.4) is 0 Å². The van der Waals surface area contributed by atoms with E-state index >= 15 is 0 Å². The molecule has 2 aliphatic rings. The Kier molecular flexibility index (Phi) is 3.29. The Morgan fingerprint density at radius 1 is 1.50 bits per heavy atom. The lowest BCUT2D eigenvalue weighted by Crippen LogP contribution is -2.27. The molecule has 0 radical (unpaired) electrons. The van der Waals surface area contributed by atoms with Gasteiger partial charge in [0.25, 0.3) is 15.0 Å². The predicted octanol–water partition coefficient (Wildman–Crippen LogP) is 1.60. The molecule has 8 heteroatoms. The molecule has 0 aliphatic heterocycles. The van der Waals surface area contributed by atoms with Crippen LogP contribution in [0.15, 0.2) is 4.90 Å². The van der Waals surface area contributed by atoms with Gasteiger partial charge in [-0.15, -0.1) is 0 Å². The predicted molar refractivity (Wildman–Crippen MR) is 73.2 cm³/mol. The van der Waals surface area contributed by atoms with Gasteiger partial charge >= 0.3 is 0 Å². The lowest BCUT2D eigenvalue weighted by molar-refractivity contribution is 0.0943. The molecular weight excluding hydrogens is 302 g/mol. The fraction of sp³-hybridized carbons (Fsp3) is 0.667. The van der Waals surface area contributed by atoms with Gasteiger partial charge < -0.3 is 5.32 Å². The molecule has 1 aromatic heterocycles. The van der Waals surface area contributed by atoms with Crippen molar-refractivity contribution in [1.29, 1.82) is 0 Å². The molecule has 1 amide bonds. The van der Waals surface area contributed by atoms with E-state index in [0.29, 0.717) is 24.1 Å². The van der Waals surface area contributed by atoms with Crippen LogP contribution in [0.25, 0.3) is 0 Å². The van der Waals surface area contributed by atoms with Gasteiger partial charge in [0, 0.05) is 23.1 Å². The number of amides is 1. The maximum Gasteiger partial charge on any atom is 0.273 e. The third-order valence-electron chi connectivity index (χ3n) is 3.99. The highest BCUT2D eigenvalue weighted by Crippen LogP contribution is 2.43. The number of nitrogens with zero attached hydrogens (tertiary/aromatic N) is 1. The van der Waals surface area contributed by atoms with Crippen molar-refractivity contribution >= 4 is 25.6 Å². The van der Waals surface area contributed by atoms with Gasteiger partial charge in [0.05, 0.1) is 5.69 Å². The number of H-pyrrole nitrogens is 1. The fourth-order valence-electron chi connectivity index (χ4n) is 2.39. The van der Waals surface area contributed by atoms with Crippen LogP contribution in [-0.4, -0.2) is 31.1 Å². The summed E-state index contributed by atoms with van der Waals surface area (Å²) in [6.07, 6.45) is 2.87. The third-order valence-corrected chi connectivity index (χ3v) is 5.36. The molecule has 20 heavy (non-hydrogen) atoms. The van der Waals surface area contributed by atoms with Gasteiger partial charge in [0.2, 0.25) is 0 Å². The van der Waals surface area contributed by atoms with E-state index in [-0.39, 0.29) is 16.5 Å². The minimum absolute atomic E-state index is 0.116. The Morgan fingerprint density at radius 3 is 2.65 bits per heavy atom. The number of nitrogens with one attached hydrogen (secondary N) is 2. The van der Waals surface area contributed by atoms with Crippen molar-refractivity contribution in [2.45, 2.75) is 37.0 Å². The molecular formula is C12H16ClN3O3S. The van der Waals surface area contributed by atoms with Gasteiger partial charge in [0.15, 0.2) is 5.69 Å². The molecule has 2 fully saturated rings. The Morgan fingerprint density at radius 2 is 2.15 bits per heavy atom. The van der Waals surface area contributed by atoms with E-state index in [0.717, 1.165) is 19.3 Å². The molecule has 0 saturated heterocycles. The number of hydrogen-bond acceptors (Lipinski definition) is 4. The number of aromatic amines is 1. The summed E-state index contributed by atoms with van der Waals surface area (Å²) >= 11 is 0. The van der Waals surface area contributed by atoms with Crippen molar-refractivity contribution < 1.29 is 13.2 Å². The van der Waals surface area contributed by atoms with Crippen molar-refractivity contribution in [2.24, 2.45) is 11.8 Å². The zero-order chi connectivity index (χ0) is 14.5. The Labute approximate surface area is 121 Å². The second-order valence-corrected chi connectivity index (χ2v) is 8.21. The van der Waals surface area contributed by atoms with Crippen molar-refractivity contribution in [1.82, 2.24) is 15.5 Å². The quantitative estimate of drug-likeness (QED) is 0.807. The summed E-state index contributed by atoms with van der Waals surface area (Å²) in [4.78, 5) is 11.9. The van der Waals surface area contributed by atoms with Gasteiger partial charge in [0.1, 0.15) is 4.90 Å². The SMILES string of the molecule is CC1CC1CNC(=O)c1n[nH]c(C2CC2)c1S(=O)(=O)Cl. The van der Waals surface area contributed by atoms with Crippen molar-refractivity contribution in [2.75, 3.05) is 6.54 Å². The van der Waals surface area contributed by atoms with E-state index in [1.807, 2.05) is 0 Å². The van der Waals surface area contributed by atoms with E-state index in [1.165, 1.54) is 0 Å². The molecule has 2 aliphatic carbocycles. The molecule has 0 spiro atoms. The zero-order valence-corrected chi connectivity index (χ0v) is 12.6. The zero-order valence-electron chi connectivity index (χ0n) is 11.0. The molecule has 3 rings (SSSR count). The summed E-state index contributed by atoms with van der Waals surface area (Å²) in [6.45, 7) is 2.67. The summed E-state index contributed by atoms with van der Waals surface area (Å²) in [7, 11) is 1.47. The van der Waals surface area contributed by atoms with Crippen molar-refractivity contribution in [3.8, 4) is 0 Å². The van der Waals surface area contributed by atoms with Crippen LogP contribution >= 0.6 is 10.7 Å². The van der Waals surface area contributed by atoms with Crippen LogP contribution in [0.2, 0.25) is 0 Å². The van der Waals surface area contributed by atoms with Gasteiger partial charge in [-0.25, -0.2) is 8.42 Å². The maximum atomic E-state index is 12.1. The number of carbonyl (C=O) groups is 1. The van der Waals surface area contributed by atoms with Gasteiger partial charge in [-0.2, -0.15) is 5.10 Å². The number of aromatic nitrogens is 2. The molecule has 1 aromatic rings. The average molecular weight is 318 g/mol. The summed E-state index contributed by atoms with van der Waals surface area (Å²) in [5.74, 6) is 0.743. The number of carbonyl (C=O) groups excluding carboxylic acids is 1. The van der Waals surface area contributed by atoms with E-state index in [2.05, 4.69) is 22.4 Å². The summed E-state index contributed by atoms with van der Waals surface area (Å²) in [5.41, 5.74) is 0.347.